The molecule has 2 aromatic heterocycles. The first kappa shape index (κ1) is 19.3. The van der Waals surface area contributed by atoms with Gasteiger partial charge in [0.05, 0.1) is 12.3 Å². The number of carbonyl (C=O) groups is 1. The summed E-state index contributed by atoms with van der Waals surface area (Å²) in [5, 5.41) is 2.29. The maximum absolute atomic E-state index is 13.1. The number of hydrogen-bond acceptors (Lipinski definition) is 10. The molecule has 0 atom stereocenters. The summed E-state index contributed by atoms with van der Waals surface area (Å²) in [6.07, 6.45) is 0. The molecule has 150 valence electrons. The Hall–Kier alpha value is -3.05. The second kappa shape index (κ2) is 8.53. The number of aromatic nitrogens is 3. The first-order chi connectivity index (χ1) is 14.1. The summed E-state index contributed by atoms with van der Waals surface area (Å²) in [6, 6.07) is 9.44. The van der Waals surface area contributed by atoms with Crippen molar-refractivity contribution in [2.45, 2.75) is 11.7 Å². The van der Waals surface area contributed by atoms with Gasteiger partial charge < -0.3 is 25.8 Å². The molecule has 0 radical (unpaired) electrons. The Bertz CT molecular complexity index is 995. The van der Waals surface area contributed by atoms with Crippen LogP contribution in [0.3, 0.4) is 0 Å². The van der Waals surface area contributed by atoms with Crippen LogP contribution >= 0.6 is 23.1 Å². The molecule has 1 amide bonds. The Morgan fingerprint density at radius 1 is 1.10 bits per heavy atom. The minimum atomic E-state index is -0.113. The van der Waals surface area contributed by atoms with Gasteiger partial charge in [-0.2, -0.15) is 15.0 Å². The molecule has 1 aliphatic rings. The summed E-state index contributed by atoms with van der Waals surface area (Å²) in [6.45, 7) is 1.44. The van der Waals surface area contributed by atoms with Crippen molar-refractivity contribution in [3.05, 3.63) is 40.6 Å². The fraction of sp³-hybridized carbons (Fsp3) is 0.222. The highest BCUT2D eigenvalue weighted by atomic mass is 32.2. The van der Waals surface area contributed by atoms with E-state index in [9.17, 15) is 4.79 Å². The van der Waals surface area contributed by atoms with Gasteiger partial charge in [0, 0.05) is 16.6 Å². The predicted octanol–water partition coefficient (Wildman–Crippen LogP) is 2.19. The van der Waals surface area contributed by atoms with Crippen molar-refractivity contribution < 1.29 is 14.3 Å². The third kappa shape index (κ3) is 4.69. The monoisotopic (exact) mass is 430 g/mol. The lowest BCUT2D eigenvalue weighted by atomic mass is 10.2. The van der Waals surface area contributed by atoms with Gasteiger partial charge in [-0.05, 0) is 23.6 Å². The molecule has 0 aliphatic carbocycles. The number of nitrogen functional groups attached to an aromatic ring is 2. The first-order valence-corrected chi connectivity index (χ1v) is 10.6. The van der Waals surface area contributed by atoms with Crippen LogP contribution in [0.5, 0.6) is 11.5 Å². The molecule has 4 rings (SSSR count). The molecule has 1 aromatic carbocycles. The molecule has 0 saturated carbocycles. The standard InChI is InChI=1S/C18H18N6O3S2/c19-16-21-17(20)23-18(22-16)29-10-15(25)24(9-12-2-1-7-28-12)11-3-4-13-14(8-11)27-6-5-26-13/h1-4,7-8H,5-6,9-10H2,(H4,19,20,21,22,23). The summed E-state index contributed by atoms with van der Waals surface area (Å²) in [5.41, 5.74) is 11.9. The van der Waals surface area contributed by atoms with Crippen LogP contribution in [0.25, 0.3) is 0 Å². The predicted molar refractivity (Wildman–Crippen MR) is 112 cm³/mol. The second-order valence-corrected chi connectivity index (χ2v) is 7.99. The lowest BCUT2D eigenvalue weighted by Crippen LogP contribution is -2.32. The summed E-state index contributed by atoms with van der Waals surface area (Å²) in [7, 11) is 0. The van der Waals surface area contributed by atoms with Crippen molar-refractivity contribution in [2.24, 2.45) is 0 Å². The van der Waals surface area contributed by atoms with Crippen LogP contribution in [0, 0.1) is 0 Å². The third-order valence-corrected chi connectivity index (χ3v) is 5.70. The largest absolute Gasteiger partial charge is 0.486 e. The van der Waals surface area contributed by atoms with Crippen molar-refractivity contribution in [2.75, 3.05) is 35.3 Å². The maximum Gasteiger partial charge on any atom is 0.237 e. The van der Waals surface area contributed by atoms with E-state index in [4.69, 9.17) is 20.9 Å². The topological polar surface area (TPSA) is 129 Å². The quantitative estimate of drug-likeness (QED) is 0.565. The van der Waals surface area contributed by atoms with Crippen molar-refractivity contribution in [3.8, 4) is 11.5 Å². The molecule has 0 spiro atoms. The highest BCUT2D eigenvalue weighted by Crippen LogP contribution is 2.35. The average Bonchev–Trinajstić information content (AvgIpc) is 3.22. The smallest absolute Gasteiger partial charge is 0.237 e. The molecule has 0 unspecified atom stereocenters. The number of benzene rings is 1. The summed E-state index contributed by atoms with van der Waals surface area (Å²) >= 11 is 2.74. The van der Waals surface area contributed by atoms with E-state index in [0.29, 0.717) is 36.4 Å². The van der Waals surface area contributed by atoms with Crippen LogP contribution in [0.2, 0.25) is 0 Å². The molecule has 29 heavy (non-hydrogen) atoms. The normalized spacial score (nSPS) is 12.6. The summed E-state index contributed by atoms with van der Waals surface area (Å²) in [4.78, 5) is 27.6. The fourth-order valence-corrected chi connectivity index (χ4v) is 4.16. The van der Waals surface area contributed by atoms with Crippen molar-refractivity contribution in [1.29, 1.82) is 0 Å². The van der Waals surface area contributed by atoms with Crippen molar-refractivity contribution in [3.63, 3.8) is 0 Å². The molecule has 0 fully saturated rings. The SMILES string of the molecule is Nc1nc(N)nc(SCC(=O)N(Cc2cccs2)c2ccc3c(c2)OCCO3)n1. The number of fused-ring (bicyclic) bond motifs is 1. The lowest BCUT2D eigenvalue weighted by Gasteiger charge is -2.25. The Labute approximate surface area is 175 Å². The zero-order chi connectivity index (χ0) is 20.2. The highest BCUT2D eigenvalue weighted by molar-refractivity contribution is 7.99. The van der Waals surface area contributed by atoms with Crippen LogP contribution in [-0.2, 0) is 11.3 Å². The highest BCUT2D eigenvalue weighted by Gasteiger charge is 2.21. The van der Waals surface area contributed by atoms with Crippen LogP contribution in [-0.4, -0.2) is 39.8 Å². The van der Waals surface area contributed by atoms with E-state index in [1.165, 1.54) is 0 Å². The minimum Gasteiger partial charge on any atom is -0.486 e. The number of thiophene rings is 1. The van der Waals surface area contributed by atoms with Gasteiger partial charge in [0.15, 0.2) is 16.7 Å². The zero-order valence-corrected chi connectivity index (χ0v) is 16.9. The van der Waals surface area contributed by atoms with Crippen LogP contribution in [0.4, 0.5) is 17.6 Å². The number of ether oxygens (including phenoxy) is 2. The number of nitrogens with zero attached hydrogens (tertiary/aromatic N) is 4. The Morgan fingerprint density at radius 3 is 2.59 bits per heavy atom. The number of carbonyl (C=O) groups excluding carboxylic acids is 1. The maximum atomic E-state index is 13.1. The average molecular weight is 431 g/mol. The molecule has 0 bridgehead atoms. The van der Waals surface area contributed by atoms with Gasteiger partial charge in [0.25, 0.3) is 0 Å². The first-order valence-electron chi connectivity index (χ1n) is 8.71. The van der Waals surface area contributed by atoms with Gasteiger partial charge in [-0.1, -0.05) is 17.8 Å². The van der Waals surface area contributed by atoms with E-state index in [-0.39, 0.29) is 23.6 Å². The molecule has 1 aliphatic heterocycles. The third-order valence-electron chi connectivity index (χ3n) is 4.01. The van der Waals surface area contributed by atoms with Crippen molar-refractivity contribution in [1.82, 2.24) is 15.0 Å². The Balaban J connectivity index is 1.55. The molecule has 4 N–H and O–H groups in total. The number of anilines is 3. The number of hydrogen-bond donors (Lipinski definition) is 2. The van der Waals surface area contributed by atoms with E-state index >= 15 is 0 Å². The number of amides is 1. The lowest BCUT2D eigenvalue weighted by molar-refractivity contribution is -0.116. The Morgan fingerprint density at radius 2 is 1.86 bits per heavy atom. The molecular formula is C18H18N6O3S2. The van der Waals surface area contributed by atoms with Gasteiger partial charge in [0.2, 0.25) is 17.8 Å². The van der Waals surface area contributed by atoms with E-state index in [1.807, 2.05) is 35.7 Å². The Kier molecular flexibility index (Phi) is 5.67. The summed E-state index contributed by atoms with van der Waals surface area (Å²) < 4.78 is 11.2. The van der Waals surface area contributed by atoms with Crippen LogP contribution < -0.4 is 25.8 Å². The van der Waals surface area contributed by atoms with Crippen LogP contribution in [0.15, 0.2) is 40.9 Å². The molecule has 11 heteroatoms. The molecule has 0 saturated heterocycles. The molecule has 3 aromatic rings. The van der Waals surface area contributed by atoms with E-state index < -0.39 is 0 Å². The summed E-state index contributed by atoms with van der Waals surface area (Å²) in [5.74, 6) is 1.35. The molecule has 3 heterocycles. The minimum absolute atomic E-state index is 0.0229. The van der Waals surface area contributed by atoms with E-state index in [1.54, 1.807) is 16.2 Å². The van der Waals surface area contributed by atoms with Gasteiger partial charge >= 0.3 is 0 Å². The van der Waals surface area contributed by atoms with Gasteiger partial charge in [-0.3, -0.25) is 4.79 Å². The van der Waals surface area contributed by atoms with Gasteiger partial charge in [-0.15, -0.1) is 11.3 Å². The van der Waals surface area contributed by atoms with Crippen molar-refractivity contribution >= 4 is 46.6 Å². The van der Waals surface area contributed by atoms with Gasteiger partial charge in [-0.25, -0.2) is 0 Å². The number of rotatable bonds is 6. The van der Waals surface area contributed by atoms with E-state index in [2.05, 4.69) is 15.0 Å². The molecule has 9 nitrogen and oxygen atoms in total. The van der Waals surface area contributed by atoms with Gasteiger partial charge in [0.1, 0.15) is 13.2 Å². The van der Waals surface area contributed by atoms with E-state index in [0.717, 1.165) is 22.3 Å². The van der Waals surface area contributed by atoms with Crippen LogP contribution in [0.1, 0.15) is 4.88 Å². The molecular weight excluding hydrogens is 412 g/mol. The fourth-order valence-electron chi connectivity index (χ4n) is 2.74. The number of nitrogens with two attached hydrogens (primary N) is 2. The number of thioether (sulfide) groups is 1. The zero-order valence-electron chi connectivity index (χ0n) is 15.3. The second-order valence-electron chi connectivity index (χ2n) is 6.01.